The van der Waals surface area contributed by atoms with E-state index in [1.54, 1.807) is 0 Å². The highest BCUT2D eigenvalue weighted by atomic mass is 79.9. The number of aliphatic carboxylic acids is 1. The molecule has 0 bridgehead atoms. The van der Waals surface area contributed by atoms with Gasteiger partial charge in [0.2, 0.25) is 0 Å². The molecule has 0 aliphatic carbocycles. The predicted octanol–water partition coefficient (Wildman–Crippen LogP) is 1.90. The summed E-state index contributed by atoms with van der Waals surface area (Å²) in [6.07, 6.45) is -0.0920. The van der Waals surface area contributed by atoms with Crippen molar-refractivity contribution >= 4 is 27.8 Å². The summed E-state index contributed by atoms with van der Waals surface area (Å²) in [6.45, 7) is 0.181. The Balaban J connectivity index is 2.28. The monoisotopic (exact) mass is 345 g/mol. The molecule has 2 unspecified atom stereocenters. The normalized spacial score (nSPS) is 22.1. The number of nitrogens with zero attached hydrogens (tertiary/aromatic N) is 1. The molecule has 2 atom stereocenters. The fourth-order valence-electron chi connectivity index (χ4n) is 2.27. The summed E-state index contributed by atoms with van der Waals surface area (Å²) in [5, 5.41) is 9.17. The van der Waals surface area contributed by atoms with E-state index in [2.05, 4.69) is 15.9 Å². The maximum atomic E-state index is 13.3. The molecule has 1 heterocycles. The predicted molar refractivity (Wildman–Crippen MR) is 72.0 cm³/mol. The molecule has 1 N–H and O–H groups in total. The zero-order valence-corrected chi connectivity index (χ0v) is 12.3. The van der Waals surface area contributed by atoms with Crippen molar-refractivity contribution in [3.8, 4) is 0 Å². The van der Waals surface area contributed by atoms with Crippen LogP contribution in [-0.4, -0.2) is 47.7 Å². The molecule has 0 aromatic heterocycles. The van der Waals surface area contributed by atoms with E-state index >= 15 is 0 Å². The molecule has 7 heteroatoms. The summed E-state index contributed by atoms with van der Waals surface area (Å²) in [7, 11) is 1.47. The Morgan fingerprint density at radius 1 is 1.45 bits per heavy atom. The van der Waals surface area contributed by atoms with Crippen molar-refractivity contribution in [2.45, 2.75) is 18.6 Å². The number of hydrogen-bond acceptors (Lipinski definition) is 3. The van der Waals surface area contributed by atoms with Crippen molar-refractivity contribution in [1.29, 1.82) is 0 Å². The van der Waals surface area contributed by atoms with E-state index in [0.29, 0.717) is 4.47 Å². The molecule has 108 valence electrons. The van der Waals surface area contributed by atoms with Gasteiger partial charge >= 0.3 is 5.97 Å². The number of hydrogen-bond donors (Lipinski definition) is 1. The minimum absolute atomic E-state index is 0.111. The number of carbonyl (C=O) groups is 2. The molecule has 0 radical (unpaired) electrons. The fraction of sp³-hybridized carbons (Fsp3) is 0.385. The Kier molecular flexibility index (Phi) is 4.39. The number of ether oxygens (including phenoxy) is 1. The van der Waals surface area contributed by atoms with Crippen LogP contribution in [0.5, 0.6) is 0 Å². The van der Waals surface area contributed by atoms with E-state index in [1.165, 1.54) is 24.1 Å². The lowest BCUT2D eigenvalue weighted by Gasteiger charge is -2.21. The maximum absolute atomic E-state index is 13.3. The fourth-order valence-corrected chi connectivity index (χ4v) is 2.74. The molecule has 20 heavy (non-hydrogen) atoms. The Morgan fingerprint density at radius 2 is 2.15 bits per heavy atom. The lowest BCUT2D eigenvalue weighted by atomic mass is 10.1. The number of likely N-dealkylation sites (tertiary alicyclic amines) is 1. The van der Waals surface area contributed by atoms with Crippen LogP contribution in [0.25, 0.3) is 0 Å². The van der Waals surface area contributed by atoms with Gasteiger partial charge in [-0.25, -0.2) is 9.18 Å². The van der Waals surface area contributed by atoms with Gasteiger partial charge in [0.05, 0.1) is 6.10 Å². The number of methoxy groups -OCH3 is 1. The van der Waals surface area contributed by atoms with Gasteiger partial charge in [-0.3, -0.25) is 4.79 Å². The first kappa shape index (κ1) is 14.9. The number of carboxylic acids is 1. The van der Waals surface area contributed by atoms with Crippen LogP contribution in [-0.2, 0) is 9.53 Å². The summed E-state index contributed by atoms with van der Waals surface area (Å²) in [5.41, 5.74) is 0.111. The third kappa shape index (κ3) is 2.99. The number of carboxylic acid groups (broad SMARTS) is 1. The van der Waals surface area contributed by atoms with Gasteiger partial charge in [-0.05, 0) is 18.2 Å². The summed E-state index contributed by atoms with van der Waals surface area (Å²) >= 11 is 3.11. The average Bonchev–Trinajstić information content (AvgIpc) is 2.81. The highest BCUT2D eigenvalue weighted by Crippen LogP contribution is 2.24. The zero-order valence-electron chi connectivity index (χ0n) is 10.7. The van der Waals surface area contributed by atoms with Gasteiger partial charge in [0.1, 0.15) is 11.9 Å². The first-order valence-corrected chi connectivity index (χ1v) is 6.74. The third-order valence-corrected chi connectivity index (χ3v) is 3.71. The quantitative estimate of drug-likeness (QED) is 0.908. The zero-order chi connectivity index (χ0) is 14.9. The van der Waals surface area contributed by atoms with E-state index in [1.807, 2.05) is 0 Å². The van der Waals surface area contributed by atoms with Crippen LogP contribution in [0.15, 0.2) is 22.7 Å². The number of carbonyl (C=O) groups excluding carboxylic acids is 1. The van der Waals surface area contributed by atoms with Crippen molar-refractivity contribution in [3.63, 3.8) is 0 Å². The van der Waals surface area contributed by atoms with Gasteiger partial charge in [0.25, 0.3) is 5.91 Å². The molecular formula is C13H13BrFNO4. The van der Waals surface area contributed by atoms with Crippen LogP contribution in [0.1, 0.15) is 16.8 Å². The average molecular weight is 346 g/mol. The van der Waals surface area contributed by atoms with Crippen molar-refractivity contribution in [2.75, 3.05) is 13.7 Å². The Bertz CT molecular complexity index is 531. The van der Waals surface area contributed by atoms with Gasteiger partial charge in [-0.15, -0.1) is 0 Å². The number of rotatable bonds is 3. The molecule has 0 spiro atoms. The van der Waals surface area contributed by atoms with Crippen LogP contribution in [0.2, 0.25) is 0 Å². The first-order chi connectivity index (χ1) is 9.42. The molecule has 0 saturated carbocycles. The summed E-state index contributed by atoms with van der Waals surface area (Å²) in [5.74, 6) is -2.16. The number of amides is 1. The van der Waals surface area contributed by atoms with Crippen LogP contribution in [0.3, 0.4) is 0 Å². The van der Waals surface area contributed by atoms with E-state index in [9.17, 15) is 14.0 Å². The lowest BCUT2D eigenvalue weighted by molar-refractivity contribution is -0.141. The molecular weight excluding hydrogens is 333 g/mol. The summed E-state index contributed by atoms with van der Waals surface area (Å²) in [6, 6.07) is 2.83. The largest absolute Gasteiger partial charge is 0.480 e. The molecule has 1 aliphatic rings. The van der Waals surface area contributed by atoms with E-state index in [0.717, 1.165) is 6.07 Å². The SMILES string of the molecule is COC1CC(C(=O)O)N(C(=O)c2cc(F)cc(Br)c2)C1. The molecule has 2 rings (SSSR count). The van der Waals surface area contributed by atoms with E-state index in [-0.39, 0.29) is 24.6 Å². The number of benzene rings is 1. The Morgan fingerprint density at radius 3 is 2.70 bits per heavy atom. The van der Waals surface area contributed by atoms with Crippen LogP contribution in [0.4, 0.5) is 4.39 Å². The molecule has 1 saturated heterocycles. The number of halogens is 2. The smallest absolute Gasteiger partial charge is 0.326 e. The minimum atomic E-state index is -1.09. The Hall–Kier alpha value is -1.47. The van der Waals surface area contributed by atoms with Gasteiger partial charge in [0.15, 0.2) is 0 Å². The summed E-state index contributed by atoms with van der Waals surface area (Å²) < 4.78 is 18.9. The summed E-state index contributed by atoms with van der Waals surface area (Å²) in [4.78, 5) is 24.8. The molecule has 1 amide bonds. The Labute approximate surface area is 123 Å². The van der Waals surface area contributed by atoms with Gasteiger partial charge in [0, 0.05) is 30.1 Å². The topological polar surface area (TPSA) is 66.8 Å². The van der Waals surface area contributed by atoms with Crippen molar-refractivity contribution < 1.29 is 23.8 Å². The maximum Gasteiger partial charge on any atom is 0.326 e. The van der Waals surface area contributed by atoms with E-state index < -0.39 is 23.7 Å². The lowest BCUT2D eigenvalue weighted by Crippen LogP contribution is -2.40. The second-order valence-electron chi connectivity index (χ2n) is 4.56. The van der Waals surface area contributed by atoms with Gasteiger partial charge in [-0.2, -0.15) is 0 Å². The van der Waals surface area contributed by atoms with Crippen molar-refractivity contribution in [2.24, 2.45) is 0 Å². The first-order valence-electron chi connectivity index (χ1n) is 5.95. The van der Waals surface area contributed by atoms with Gasteiger partial charge in [-0.1, -0.05) is 15.9 Å². The minimum Gasteiger partial charge on any atom is -0.480 e. The van der Waals surface area contributed by atoms with E-state index in [4.69, 9.17) is 9.84 Å². The molecule has 5 nitrogen and oxygen atoms in total. The standard InChI is InChI=1S/C13H13BrFNO4/c1-20-10-5-11(13(18)19)16(6-10)12(17)7-2-8(14)4-9(15)3-7/h2-4,10-11H,5-6H2,1H3,(H,18,19). The van der Waals surface area contributed by atoms with Crippen molar-refractivity contribution in [3.05, 3.63) is 34.1 Å². The third-order valence-electron chi connectivity index (χ3n) is 3.25. The second-order valence-corrected chi connectivity index (χ2v) is 5.48. The molecule has 1 aromatic rings. The van der Waals surface area contributed by atoms with Crippen LogP contribution >= 0.6 is 15.9 Å². The molecule has 1 aliphatic heterocycles. The highest BCUT2D eigenvalue weighted by Gasteiger charge is 2.40. The van der Waals surface area contributed by atoms with Crippen molar-refractivity contribution in [1.82, 2.24) is 4.90 Å². The molecule has 1 aromatic carbocycles. The highest BCUT2D eigenvalue weighted by molar-refractivity contribution is 9.10. The van der Waals surface area contributed by atoms with Crippen LogP contribution in [0, 0.1) is 5.82 Å². The van der Waals surface area contributed by atoms with Crippen LogP contribution < -0.4 is 0 Å². The van der Waals surface area contributed by atoms with Gasteiger partial charge < -0.3 is 14.7 Å². The second kappa shape index (κ2) is 5.88. The molecule has 1 fully saturated rings.